The van der Waals surface area contributed by atoms with Gasteiger partial charge in [0.1, 0.15) is 0 Å². The van der Waals surface area contributed by atoms with Gasteiger partial charge in [0.15, 0.2) is 11.5 Å². The number of rotatable bonds is 8. The first-order valence-corrected chi connectivity index (χ1v) is 8.31. The summed E-state index contributed by atoms with van der Waals surface area (Å²) in [6.07, 6.45) is 11.3. The molecule has 0 aliphatic carbocycles. The van der Waals surface area contributed by atoms with Crippen molar-refractivity contribution in [3.05, 3.63) is 35.9 Å². The molecule has 1 atom stereocenters. The maximum Gasteiger partial charge on any atom is 0.160 e. The van der Waals surface area contributed by atoms with E-state index in [1.807, 2.05) is 0 Å². The van der Waals surface area contributed by atoms with Gasteiger partial charge in [0.05, 0.1) is 7.11 Å². The normalized spacial score (nSPS) is 11.9. The fourth-order valence-corrected chi connectivity index (χ4v) is 1.83. The molecule has 0 saturated carbocycles. The van der Waals surface area contributed by atoms with Crippen molar-refractivity contribution in [3.8, 4) is 11.5 Å². The molecule has 0 amide bonds. The first-order chi connectivity index (χ1) is 10.6. The fourth-order valence-electron chi connectivity index (χ4n) is 1.83. The number of methoxy groups -OCH3 is 1. The maximum absolute atomic E-state index is 9.16. The Hall–Kier alpha value is -1.48. The number of phenols is 1. The molecule has 0 aliphatic heterocycles. The Labute approximate surface area is 136 Å². The molecule has 0 radical (unpaired) electrons. The zero-order valence-corrected chi connectivity index (χ0v) is 14.6. The number of unbranched alkanes of at least 4 members (excludes halogenated alkanes) is 3. The van der Waals surface area contributed by atoms with Gasteiger partial charge in [-0.3, -0.25) is 0 Å². The Balaban J connectivity index is 0.000000401. The van der Waals surface area contributed by atoms with Gasteiger partial charge in [0.2, 0.25) is 0 Å². The average Bonchev–Trinajstić information content (AvgIpc) is 2.55. The summed E-state index contributed by atoms with van der Waals surface area (Å²) in [5.74, 6) is 1.38. The molecule has 1 aromatic carbocycles. The molecule has 0 heterocycles. The number of hydrogen-bond donors (Lipinski definition) is 2. The van der Waals surface area contributed by atoms with Gasteiger partial charge in [-0.05, 0) is 36.5 Å². The van der Waals surface area contributed by atoms with Crippen LogP contribution in [-0.4, -0.2) is 12.2 Å². The minimum absolute atomic E-state index is 0.143. The molecular formula is C19H33NO2. The monoisotopic (exact) mass is 307 g/mol. The quantitative estimate of drug-likeness (QED) is 0.523. The largest absolute Gasteiger partial charge is 0.504 e. The van der Waals surface area contributed by atoms with Crippen molar-refractivity contribution in [2.45, 2.75) is 59.4 Å². The molecule has 0 saturated heterocycles. The summed E-state index contributed by atoms with van der Waals surface area (Å²) >= 11 is 0. The molecule has 1 rings (SSSR count). The van der Waals surface area contributed by atoms with Crippen LogP contribution in [0.1, 0.15) is 58.4 Å². The van der Waals surface area contributed by atoms with Crippen molar-refractivity contribution in [2.24, 2.45) is 11.7 Å². The molecule has 0 aromatic heterocycles. The Morgan fingerprint density at radius 1 is 1.27 bits per heavy atom. The molecule has 3 nitrogen and oxygen atoms in total. The first-order valence-electron chi connectivity index (χ1n) is 8.31. The highest BCUT2D eigenvalue weighted by molar-refractivity contribution is 5.41. The van der Waals surface area contributed by atoms with Crippen LogP contribution in [0.4, 0.5) is 0 Å². The zero-order chi connectivity index (χ0) is 16.8. The highest BCUT2D eigenvalue weighted by Crippen LogP contribution is 2.25. The van der Waals surface area contributed by atoms with E-state index in [0.29, 0.717) is 12.3 Å². The minimum Gasteiger partial charge on any atom is -0.504 e. The van der Waals surface area contributed by atoms with Gasteiger partial charge in [0.25, 0.3) is 0 Å². The second kappa shape index (κ2) is 13.2. The van der Waals surface area contributed by atoms with Crippen LogP contribution in [0.2, 0.25) is 0 Å². The molecule has 0 bridgehead atoms. The van der Waals surface area contributed by atoms with E-state index in [9.17, 15) is 0 Å². The van der Waals surface area contributed by atoms with Gasteiger partial charge in [-0.25, -0.2) is 0 Å². The number of aromatic hydroxyl groups is 1. The molecular weight excluding hydrogens is 274 g/mol. The topological polar surface area (TPSA) is 55.5 Å². The van der Waals surface area contributed by atoms with Crippen molar-refractivity contribution in [3.63, 3.8) is 0 Å². The van der Waals surface area contributed by atoms with Crippen LogP contribution in [0.5, 0.6) is 11.5 Å². The molecule has 0 spiro atoms. The summed E-state index contributed by atoms with van der Waals surface area (Å²) < 4.78 is 4.88. The van der Waals surface area contributed by atoms with E-state index in [-0.39, 0.29) is 5.75 Å². The number of nitrogens with two attached hydrogens (primary N) is 1. The summed E-state index contributed by atoms with van der Waals surface area (Å²) in [7, 11) is 1.51. The van der Waals surface area contributed by atoms with Crippen LogP contribution in [0, 0.1) is 5.92 Å². The summed E-state index contributed by atoms with van der Waals surface area (Å²) in [5, 5.41) is 9.16. The maximum atomic E-state index is 9.16. The predicted molar refractivity (Wildman–Crippen MR) is 95.3 cm³/mol. The first kappa shape index (κ1) is 20.5. The van der Waals surface area contributed by atoms with Crippen LogP contribution in [0.3, 0.4) is 0 Å². The highest BCUT2D eigenvalue weighted by Gasteiger charge is 2.00. The standard InChI is InChI=1S/C11H22.C8H11NO2/c1-4-6-7-8-9-10-11(3)5-2;1-11-8-4-6(5-9)2-3-7(8)10/h9-11H,4-8H2,1-3H3;2-4,10H,5,9H2,1H3. The highest BCUT2D eigenvalue weighted by atomic mass is 16.5. The molecule has 3 N–H and O–H groups in total. The van der Waals surface area contributed by atoms with E-state index in [2.05, 4.69) is 32.9 Å². The third kappa shape index (κ3) is 9.46. The number of benzene rings is 1. The van der Waals surface area contributed by atoms with Crippen LogP contribution in [0.25, 0.3) is 0 Å². The van der Waals surface area contributed by atoms with Gasteiger partial charge in [0, 0.05) is 6.54 Å². The van der Waals surface area contributed by atoms with Crippen LogP contribution in [-0.2, 0) is 6.54 Å². The van der Waals surface area contributed by atoms with E-state index in [4.69, 9.17) is 15.6 Å². The van der Waals surface area contributed by atoms with Crippen molar-refractivity contribution >= 4 is 0 Å². The Bertz CT molecular complexity index is 416. The van der Waals surface area contributed by atoms with E-state index in [1.165, 1.54) is 39.2 Å². The second-order valence-corrected chi connectivity index (χ2v) is 5.52. The summed E-state index contributed by atoms with van der Waals surface area (Å²) in [6.45, 7) is 7.21. The van der Waals surface area contributed by atoms with E-state index in [0.717, 1.165) is 11.5 Å². The van der Waals surface area contributed by atoms with Crippen LogP contribution >= 0.6 is 0 Å². The van der Waals surface area contributed by atoms with Crippen LogP contribution < -0.4 is 10.5 Å². The average molecular weight is 307 g/mol. The lowest BCUT2D eigenvalue weighted by Gasteiger charge is -2.03. The third-order valence-corrected chi connectivity index (χ3v) is 3.56. The summed E-state index contributed by atoms with van der Waals surface area (Å²) in [5.41, 5.74) is 6.33. The molecule has 0 aliphatic rings. The van der Waals surface area contributed by atoms with E-state index < -0.39 is 0 Å². The van der Waals surface area contributed by atoms with Crippen LogP contribution in [0.15, 0.2) is 30.4 Å². The number of hydrogen-bond acceptors (Lipinski definition) is 3. The molecule has 1 aromatic rings. The van der Waals surface area contributed by atoms with Crippen molar-refractivity contribution in [1.29, 1.82) is 0 Å². The molecule has 0 fully saturated rings. The lowest BCUT2D eigenvalue weighted by molar-refractivity contribution is 0.373. The summed E-state index contributed by atoms with van der Waals surface area (Å²) in [4.78, 5) is 0. The molecule has 3 heteroatoms. The smallest absolute Gasteiger partial charge is 0.160 e. The van der Waals surface area contributed by atoms with Gasteiger partial charge in [-0.15, -0.1) is 0 Å². The van der Waals surface area contributed by atoms with Crippen molar-refractivity contribution in [2.75, 3.05) is 7.11 Å². The number of phenolic OH excluding ortho intramolecular Hbond substituents is 1. The van der Waals surface area contributed by atoms with Gasteiger partial charge < -0.3 is 15.6 Å². The number of allylic oxidation sites excluding steroid dienone is 2. The zero-order valence-electron chi connectivity index (χ0n) is 14.6. The predicted octanol–water partition coefficient (Wildman–Crippen LogP) is 5.03. The summed E-state index contributed by atoms with van der Waals surface area (Å²) in [6, 6.07) is 5.05. The van der Waals surface area contributed by atoms with Gasteiger partial charge in [-0.2, -0.15) is 0 Å². The van der Waals surface area contributed by atoms with Gasteiger partial charge in [-0.1, -0.05) is 58.3 Å². The minimum atomic E-state index is 0.143. The molecule has 126 valence electrons. The van der Waals surface area contributed by atoms with Crippen molar-refractivity contribution in [1.82, 2.24) is 0 Å². The molecule has 22 heavy (non-hydrogen) atoms. The Kier molecular flexibility index (Phi) is 12.3. The second-order valence-electron chi connectivity index (χ2n) is 5.52. The van der Waals surface area contributed by atoms with Crippen molar-refractivity contribution < 1.29 is 9.84 Å². The third-order valence-electron chi connectivity index (χ3n) is 3.56. The van der Waals surface area contributed by atoms with E-state index in [1.54, 1.807) is 18.2 Å². The molecule has 1 unspecified atom stereocenters. The Morgan fingerprint density at radius 3 is 2.55 bits per heavy atom. The van der Waals surface area contributed by atoms with Gasteiger partial charge >= 0.3 is 0 Å². The number of ether oxygens (including phenoxy) is 1. The Morgan fingerprint density at radius 2 is 2.00 bits per heavy atom. The SMILES string of the molecule is CCCCCC=CC(C)CC.COc1cc(CN)ccc1O. The fraction of sp³-hybridized carbons (Fsp3) is 0.579. The van der Waals surface area contributed by atoms with E-state index >= 15 is 0 Å². The lowest BCUT2D eigenvalue weighted by atomic mass is 10.1. The lowest BCUT2D eigenvalue weighted by Crippen LogP contribution is -1.96.